The third-order valence-electron chi connectivity index (χ3n) is 3.42. The summed E-state index contributed by atoms with van der Waals surface area (Å²) in [6.07, 6.45) is 5.53. The summed E-state index contributed by atoms with van der Waals surface area (Å²) >= 11 is 0. The molecule has 1 unspecified atom stereocenters. The normalized spacial score (nSPS) is 20.3. The molecule has 1 fully saturated rings. The fraction of sp³-hybridized carbons (Fsp3) is 0.462. The van der Waals surface area contributed by atoms with Crippen LogP contribution in [0.15, 0.2) is 24.5 Å². The fourth-order valence-electron chi connectivity index (χ4n) is 2.44. The van der Waals surface area contributed by atoms with Crippen molar-refractivity contribution in [1.82, 2.24) is 15.0 Å². The molecule has 1 aliphatic heterocycles. The Hall–Kier alpha value is -1.75. The Kier molecular flexibility index (Phi) is 3.06. The van der Waals surface area contributed by atoms with E-state index in [1.807, 2.05) is 12.1 Å². The second-order valence-corrected chi connectivity index (χ2v) is 4.71. The Morgan fingerprint density at radius 2 is 2.17 bits per heavy atom. The second kappa shape index (κ2) is 4.86. The zero-order valence-electron chi connectivity index (χ0n) is 10.2. The number of pyridine rings is 1. The topological polar surface area (TPSA) is 62.1 Å². The van der Waals surface area contributed by atoms with Gasteiger partial charge in [0, 0.05) is 32.1 Å². The molecular formula is C13H16N4O. The van der Waals surface area contributed by atoms with Crippen molar-refractivity contribution in [3.8, 4) is 0 Å². The first-order chi connectivity index (χ1) is 8.86. The van der Waals surface area contributed by atoms with Crippen LogP contribution in [-0.2, 0) is 0 Å². The van der Waals surface area contributed by atoms with Crippen LogP contribution in [0.1, 0.15) is 12.8 Å². The first-order valence-electron chi connectivity index (χ1n) is 6.30. The van der Waals surface area contributed by atoms with E-state index in [1.54, 1.807) is 12.4 Å². The van der Waals surface area contributed by atoms with Crippen LogP contribution in [0.3, 0.4) is 0 Å². The number of aliphatic hydroxyl groups excluding tert-OH is 1. The molecule has 94 valence electrons. The number of hydrogen-bond acceptors (Lipinski definition) is 5. The third-order valence-corrected chi connectivity index (χ3v) is 3.42. The number of piperidine rings is 1. The van der Waals surface area contributed by atoms with Crippen LogP contribution in [0.4, 0.5) is 5.82 Å². The molecule has 0 saturated carbocycles. The molecule has 2 aromatic heterocycles. The van der Waals surface area contributed by atoms with Crippen molar-refractivity contribution in [2.24, 2.45) is 5.92 Å². The van der Waals surface area contributed by atoms with E-state index in [-0.39, 0.29) is 6.61 Å². The monoisotopic (exact) mass is 244 g/mol. The van der Waals surface area contributed by atoms with Gasteiger partial charge in [-0.05, 0) is 30.9 Å². The number of nitrogens with zero attached hydrogens (tertiary/aromatic N) is 4. The summed E-state index contributed by atoms with van der Waals surface area (Å²) in [7, 11) is 0. The standard InChI is InChI=1S/C13H16N4O/c18-9-10-2-1-7-17(8-10)12-4-3-11-13(16-12)15-6-5-14-11/h3-6,10,18H,1-2,7-9H2. The van der Waals surface area contributed by atoms with Crippen LogP contribution >= 0.6 is 0 Å². The molecule has 1 saturated heterocycles. The van der Waals surface area contributed by atoms with Gasteiger partial charge in [0.2, 0.25) is 0 Å². The highest BCUT2D eigenvalue weighted by Gasteiger charge is 2.20. The van der Waals surface area contributed by atoms with Crippen LogP contribution < -0.4 is 4.90 Å². The van der Waals surface area contributed by atoms with Gasteiger partial charge < -0.3 is 10.0 Å². The van der Waals surface area contributed by atoms with E-state index >= 15 is 0 Å². The number of rotatable bonds is 2. The summed E-state index contributed by atoms with van der Waals surface area (Å²) in [5, 5.41) is 9.26. The minimum atomic E-state index is 0.254. The van der Waals surface area contributed by atoms with Crippen LogP contribution in [-0.4, -0.2) is 39.8 Å². The van der Waals surface area contributed by atoms with E-state index in [9.17, 15) is 5.11 Å². The van der Waals surface area contributed by atoms with E-state index < -0.39 is 0 Å². The van der Waals surface area contributed by atoms with Gasteiger partial charge in [-0.25, -0.2) is 9.97 Å². The summed E-state index contributed by atoms with van der Waals surface area (Å²) in [6, 6.07) is 3.93. The van der Waals surface area contributed by atoms with Crippen LogP contribution in [0, 0.1) is 5.92 Å². The average molecular weight is 244 g/mol. The van der Waals surface area contributed by atoms with Crippen LogP contribution in [0.2, 0.25) is 0 Å². The molecule has 0 aromatic carbocycles. The van der Waals surface area contributed by atoms with Gasteiger partial charge >= 0.3 is 0 Å². The van der Waals surface area contributed by atoms with E-state index in [2.05, 4.69) is 19.9 Å². The maximum Gasteiger partial charge on any atom is 0.180 e. The molecule has 5 heteroatoms. The Morgan fingerprint density at radius 3 is 3.06 bits per heavy atom. The zero-order chi connectivity index (χ0) is 12.4. The molecule has 0 spiro atoms. The SMILES string of the molecule is OCC1CCCN(c2ccc3nccnc3n2)C1. The Balaban J connectivity index is 1.89. The zero-order valence-corrected chi connectivity index (χ0v) is 10.2. The lowest BCUT2D eigenvalue weighted by Crippen LogP contribution is -2.37. The predicted octanol–water partition coefficient (Wildman–Crippen LogP) is 1.23. The van der Waals surface area contributed by atoms with Gasteiger partial charge in [-0.3, -0.25) is 4.98 Å². The number of aliphatic hydroxyl groups is 1. The van der Waals surface area contributed by atoms with Gasteiger partial charge in [-0.15, -0.1) is 0 Å². The molecule has 3 rings (SSSR count). The van der Waals surface area contributed by atoms with E-state index in [0.717, 1.165) is 37.3 Å². The van der Waals surface area contributed by atoms with Crippen molar-refractivity contribution in [3.05, 3.63) is 24.5 Å². The molecule has 1 aliphatic rings. The first kappa shape index (κ1) is 11.3. The first-order valence-corrected chi connectivity index (χ1v) is 6.30. The van der Waals surface area contributed by atoms with Crippen molar-refractivity contribution in [3.63, 3.8) is 0 Å². The molecule has 0 bridgehead atoms. The maximum atomic E-state index is 9.26. The molecule has 1 atom stereocenters. The van der Waals surface area contributed by atoms with Crippen LogP contribution in [0.25, 0.3) is 11.2 Å². The van der Waals surface area contributed by atoms with Gasteiger partial charge in [-0.2, -0.15) is 0 Å². The molecule has 5 nitrogen and oxygen atoms in total. The molecule has 0 radical (unpaired) electrons. The number of anilines is 1. The highest BCUT2D eigenvalue weighted by atomic mass is 16.3. The largest absolute Gasteiger partial charge is 0.396 e. The maximum absolute atomic E-state index is 9.26. The smallest absolute Gasteiger partial charge is 0.180 e. The Morgan fingerprint density at radius 1 is 1.28 bits per heavy atom. The van der Waals surface area contributed by atoms with E-state index in [0.29, 0.717) is 11.6 Å². The van der Waals surface area contributed by atoms with E-state index in [1.165, 1.54) is 0 Å². The Labute approximate surface area is 106 Å². The summed E-state index contributed by atoms with van der Waals surface area (Å²) in [5.74, 6) is 1.29. The average Bonchev–Trinajstić information content (AvgIpc) is 2.47. The van der Waals surface area contributed by atoms with Gasteiger partial charge in [0.25, 0.3) is 0 Å². The number of hydrogen-bond donors (Lipinski definition) is 1. The number of fused-ring (bicyclic) bond motifs is 1. The van der Waals surface area contributed by atoms with Crippen molar-refractivity contribution < 1.29 is 5.11 Å². The van der Waals surface area contributed by atoms with Gasteiger partial charge in [-0.1, -0.05) is 0 Å². The summed E-state index contributed by atoms with van der Waals surface area (Å²) in [5.41, 5.74) is 1.50. The molecule has 1 N–H and O–H groups in total. The summed E-state index contributed by atoms with van der Waals surface area (Å²) in [4.78, 5) is 15.2. The lowest BCUT2D eigenvalue weighted by molar-refractivity contribution is 0.208. The molecule has 2 aromatic rings. The molecule has 0 aliphatic carbocycles. The van der Waals surface area contributed by atoms with Crippen molar-refractivity contribution >= 4 is 17.0 Å². The fourth-order valence-corrected chi connectivity index (χ4v) is 2.44. The third kappa shape index (κ3) is 2.13. The molecule has 0 amide bonds. The lowest BCUT2D eigenvalue weighted by atomic mass is 9.99. The van der Waals surface area contributed by atoms with Crippen molar-refractivity contribution in [2.75, 3.05) is 24.6 Å². The van der Waals surface area contributed by atoms with Gasteiger partial charge in [0.15, 0.2) is 5.65 Å². The van der Waals surface area contributed by atoms with Gasteiger partial charge in [0.05, 0.1) is 0 Å². The quantitative estimate of drug-likeness (QED) is 0.861. The molecule has 18 heavy (non-hydrogen) atoms. The van der Waals surface area contributed by atoms with Gasteiger partial charge in [0.1, 0.15) is 11.3 Å². The lowest BCUT2D eigenvalue weighted by Gasteiger charge is -2.32. The minimum absolute atomic E-state index is 0.254. The summed E-state index contributed by atoms with van der Waals surface area (Å²) < 4.78 is 0. The molecular weight excluding hydrogens is 228 g/mol. The summed E-state index contributed by atoms with van der Waals surface area (Å²) in [6.45, 7) is 2.12. The highest BCUT2D eigenvalue weighted by molar-refractivity contribution is 5.71. The molecule has 3 heterocycles. The predicted molar refractivity (Wildman–Crippen MR) is 69.4 cm³/mol. The highest BCUT2D eigenvalue weighted by Crippen LogP contribution is 2.22. The van der Waals surface area contributed by atoms with Crippen molar-refractivity contribution in [2.45, 2.75) is 12.8 Å². The second-order valence-electron chi connectivity index (χ2n) is 4.71. The van der Waals surface area contributed by atoms with Crippen molar-refractivity contribution in [1.29, 1.82) is 0 Å². The van der Waals surface area contributed by atoms with Crippen LogP contribution in [0.5, 0.6) is 0 Å². The number of aromatic nitrogens is 3. The minimum Gasteiger partial charge on any atom is -0.396 e. The Bertz CT molecular complexity index is 545. The van der Waals surface area contributed by atoms with E-state index in [4.69, 9.17) is 0 Å².